The van der Waals surface area contributed by atoms with Gasteiger partial charge in [0, 0.05) is 25.3 Å². The zero-order valence-electron chi connectivity index (χ0n) is 13.8. The second-order valence-corrected chi connectivity index (χ2v) is 5.85. The Bertz CT molecular complexity index is 666. The number of para-hydroxylation sites is 1. The molecule has 3 N–H and O–H groups in total. The van der Waals surface area contributed by atoms with Gasteiger partial charge >= 0.3 is 0 Å². The molecule has 0 aromatic heterocycles. The monoisotopic (exact) mass is 324 g/mol. The summed E-state index contributed by atoms with van der Waals surface area (Å²) in [4.78, 5) is 6.90. The van der Waals surface area contributed by atoms with Gasteiger partial charge in [0.1, 0.15) is 0 Å². The minimum atomic E-state index is 0.433. The third kappa shape index (κ3) is 4.81. The minimum absolute atomic E-state index is 0.433. The van der Waals surface area contributed by atoms with Crippen LogP contribution in [0, 0.1) is 0 Å². The topological polar surface area (TPSA) is 62.9 Å². The summed E-state index contributed by atoms with van der Waals surface area (Å²) in [7, 11) is 0. The smallest absolute Gasteiger partial charge is 0.193 e. The molecule has 1 saturated heterocycles. The molecule has 2 aromatic rings. The van der Waals surface area contributed by atoms with Crippen molar-refractivity contribution < 1.29 is 4.74 Å². The first kappa shape index (κ1) is 16.5. The van der Waals surface area contributed by atoms with Crippen molar-refractivity contribution in [3.05, 3.63) is 65.7 Å². The van der Waals surface area contributed by atoms with E-state index in [1.54, 1.807) is 0 Å². The summed E-state index contributed by atoms with van der Waals surface area (Å²) in [6.45, 7) is 5.10. The molecule has 0 radical (unpaired) electrons. The van der Waals surface area contributed by atoms with Crippen molar-refractivity contribution in [2.75, 3.05) is 31.6 Å². The number of hydrogen-bond acceptors (Lipinski definition) is 3. The fourth-order valence-electron chi connectivity index (χ4n) is 2.75. The lowest BCUT2D eigenvalue weighted by atomic mass is 10.1. The second-order valence-electron chi connectivity index (χ2n) is 5.85. The number of nitrogens with one attached hydrogen (secondary N) is 1. The van der Waals surface area contributed by atoms with E-state index in [0.29, 0.717) is 12.5 Å². The normalized spacial score (nSPS) is 16.1. The van der Waals surface area contributed by atoms with Crippen LogP contribution >= 0.6 is 0 Å². The molecule has 5 nitrogen and oxygen atoms in total. The number of benzene rings is 2. The predicted molar refractivity (Wildman–Crippen MR) is 97.9 cm³/mol. The zero-order chi connectivity index (χ0) is 16.6. The van der Waals surface area contributed by atoms with Gasteiger partial charge in [-0.25, -0.2) is 4.99 Å². The molecule has 1 heterocycles. The van der Waals surface area contributed by atoms with E-state index in [-0.39, 0.29) is 0 Å². The molecule has 0 unspecified atom stereocenters. The summed E-state index contributed by atoms with van der Waals surface area (Å²) in [5, 5.41) is 3.11. The Morgan fingerprint density at radius 1 is 1.00 bits per heavy atom. The predicted octanol–water partition coefficient (Wildman–Crippen LogP) is 2.45. The van der Waals surface area contributed by atoms with Crippen LogP contribution in [0.4, 0.5) is 5.69 Å². The van der Waals surface area contributed by atoms with Crippen molar-refractivity contribution >= 4 is 11.6 Å². The van der Waals surface area contributed by atoms with Gasteiger partial charge in [-0.15, -0.1) is 0 Å². The number of morpholine rings is 1. The highest BCUT2D eigenvalue weighted by atomic mass is 16.5. The molecule has 0 bridgehead atoms. The molecular weight excluding hydrogens is 300 g/mol. The molecule has 0 aliphatic carbocycles. The SMILES string of the molecule is NC(=NCc1ccccc1CN1CCOCC1)Nc1ccccc1. The maximum absolute atomic E-state index is 6.00. The number of hydrogen-bond donors (Lipinski definition) is 2. The lowest BCUT2D eigenvalue weighted by Crippen LogP contribution is -2.35. The fourth-order valence-corrected chi connectivity index (χ4v) is 2.75. The minimum Gasteiger partial charge on any atom is -0.379 e. The largest absolute Gasteiger partial charge is 0.379 e. The Kier molecular flexibility index (Phi) is 5.82. The maximum atomic E-state index is 6.00. The van der Waals surface area contributed by atoms with Crippen molar-refractivity contribution in [3.63, 3.8) is 0 Å². The van der Waals surface area contributed by atoms with Gasteiger partial charge in [0.15, 0.2) is 5.96 Å². The molecule has 5 heteroatoms. The van der Waals surface area contributed by atoms with E-state index in [9.17, 15) is 0 Å². The Morgan fingerprint density at radius 2 is 1.67 bits per heavy atom. The van der Waals surface area contributed by atoms with Crippen molar-refractivity contribution in [1.82, 2.24) is 4.90 Å². The van der Waals surface area contributed by atoms with Gasteiger partial charge in [-0.2, -0.15) is 0 Å². The summed E-state index contributed by atoms with van der Waals surface area (Å²) in [5.41, 5.74) is 9.46. The molecule has 0 atom stereocenters. The van der Waals surface area contributed by atoms with Gasteiger partial charge in [0.25, 0.3) is 0 Å². The standard InChI is InChI=1S/C19H24N4O/c20-19(22-18-8-2-1-3-9-18)21-14-16-6-4-5-7-17(16)15-23-10-12-24-13-11-23/h1-9H,10-15H2,(H3,20,21,22). The third-order valence-electron chi connectivity index (χ3n) is 4.08. The molecule has 0 spiro atoms. The molecule has 0 amide bonds. The zero-order valence-corrected chi connectivity index (χ0v) is 13.8. The van der Waals surface area contributed by atoms with Crippen LogP contribution in [0.25, 0.3) is 0 Å². The van der Waals surface area contributed by atoms with Crippen LogP contribution in [0.2, 0.25) is 0 Å². The highest BCUT2D eigenvalue weighted by Gasteiger charge is 2.12. The Morgan fingerprint density at radius 3 is 2.42 bits per heavy atom. The number of guanidine groups is 1. The Balaban J connectivity index is 1.63. The highest BCUT2D eigenvalue weighted by Crippen LogP contribution is 2.14. The van der Waals surface area contributed by atoms with Crippen molar-refractivity contribution in [3.8, 4) is 0 Å². The van der Waals surface area contributed by atoms with Crippen LogP contribution in [0.3, 0.4) is 0 Å². The van der Waals surface area contributed by atoms with Gasteiger partial charge < -0.3 is 15.8 Å². The summed E-state index contributed by atoms with van der Waals surface area (Å²) in [6, 6.07) is 18.3. The number of aliphatic imine (C=N–C) groups is 1. The van der Waals surface area contributed by atoms with Gasteiger partial charge in [0.2, 0.25) is 0 Å². The summed E-state index contributed by atoms with van der Waals surface area (Å²) < 4.78 is 5.41. The number of anilines is 1. The molecule has 2 aromatic carbocycles. The van der Waals surface area contributed by atoms with Crippen LogP contribution in [0.1, 0.15) is 11.1 Å². The lowest BCUT2D eigenvalue weighted by Gasteiger charge is -2.27. The average molecular weight is 324 g/mol. The first-order valence-electron chi connectivity index (χ1n) is 8.30. The van der Waals surface area contributed by atoms with E-state index >= 15 is 0 Å². The number of ether oxygens (including phenoxy) is 1. The third-order valence-corrected chi connectivity index (χ3v) is 4.08. The molecule has 1 aliphatic heterocycles. The molecule has 0 saturated carbocycles. The number of rotatable bonds is 5. The van der Waals surface area contributed by atoms with Crippen LogP contribution < -0.4 is 11.1 Å². The number of nitrogens with zero attached hydrogens (tertiary/aromatic N) is 2. The van der Waals surface area contributed by atoms with E-state index < -0.39 is 0 Å². The van der Waals surface area contributed by atoms with E-state index in [4.69, 9.17) is 10.5 Å². The highest BCUT2D eigenvalue weighted by molar-refractivity contribution is 5.92. The second kappa shape index (κ2) is 8.47. The van der Waals surface area contributed by atoms with Crippen molar-refractivity contribution in [1.29, 1.82) is 0 Å². The van der Waals surface area contributed by atoms with Crippen molar-refractivity contribution in [2.45, 2.75) is 13.1 Å². The average Bonchev–Trinajstić information content (AvgIpc) is 2.63. The molecule has 24 heavy (non-hydrogen) atoms. The molecule has 1 aliphatic rings. The fraction of sp³-hybridized carbons (Fsp3) is 0.316. The van der Waals surface area contributed by atoms with Gasteiger partial charge in [0.05, 0.1) is 19.8 Å². The van der Waals surface area contributed by atoms with E-state index in [0.717, 1.165) is 38.5 Å². The van der Waals surface area contributed by atoms with Crippen molar-refractivity contribution in [2.24, 2.45) is 10.7 Å². The lowest BCUT2D eigenvalue weighted by molar-refractivity contribution is 0.0341. The van der Waals surface area contributed by atoms with E-state index in [2.05, 4.69) is 39.5 Å². The Hall–Kier alpha value is -2.37. The summed E-state index contributed by atoms with van der Waals surface area (Å²) in [5.74, 6) is 0.433. The van der Waals surface area contributed by atoms with E-state index in [1.807, 2.05) is 30.3 Å². The quantitative estimate of drug-likeness (QED) is 0.655. The summed E-state index contributed by atoms with van der Waals surface area (Å²) in [6.07, 6.45) is 0. The Labute approximate surface area is 143 Å². The van der Waals surface area contributed by atoms with Gasteiger partial charge in [-0.1, -0.05) is 42.5 Å². The number of nitrogens with two attached hydrogens (primary N) is 1. The maximum Gasteiger partial charge on any atom is 0.193 e. The molecule has 3 rings (SSSR count). The molecular formula is C19H24N4O. The first-order valence-corrected chi connectivity index (χ1v) is 8.30. The van der Waals surface area contributed by atoms with Gasteiger partial charge in [-0.05, 0) is 23.3 Å². The first-order chi connectivity index (χ1) is 11.8. The van der Waals surface area contributed by atoms with Gasteiger partial charge in [-0.3, -0.25) is 4.90 Å². The van der Waals surface area contributed by atoms with Crippen LogP contribution in [-0.4, -0.2) is 37.2 Å². The molecule has 126 valence electrons. The van der Waals surface area contributed by atoms with E-state index in [1.165, 1.54) is 11.1 Å². The summed E-state index contributed by atoms with van der Waals surface area (Å²) >= 11 is 0. The van der Waals surface area contributed by atoms with Crippen LogP contribution in [0.15, 0.2) is 59.6 Å². The van der Waals surface area contributed by atoms with Crippen LogP contribution in [-0.2, 0) is 17.8 Å². The molecule has 1 fully saturated rings. The van der Waals surface area contributed by atoms with Crippen LogP contribution in [0.5, 0.6) is 0 Å².